The highest BCUT2D eigenvalue weighted by Crippen LogP contribution is 2.23. The first-order valence-electron chi connectivity index (χ1n) is 6.54. The Kier molecular flexibility index (Phi) is 7.18. The third-order valence-electron chi connectivity index (χ3n) is 3.20. The fourth-order valence-corrected chi connectivity index (χ4v) is 2.55. The molecule has 0 aliphatic heterocycles. The van der Waals surface area contributed by atoms with E-state index in [1.54, 1.807) is 31.2 Å². The molecule has 1 atom stereocenters. The number of nitro groups is 1. The second-order valence-corrected chi connectivity index (χ2v) is 5.68. The van der Waals surface area contributed by atoms with Crippen LogP contribution in [0.5, 0.6) is 0 Å². The summed E-state index contributed by atoms with van der Waals surface area (Å²) in [5.41, 5.74) is 0.789. The molecule has 6 nitrogen and oxygen atoms in total. The summed E-state index contributed by atoms with van der Waals surface area (Å²) in [4.78, 5) is 24.0. The van der Waals surface area contributed by atoms with Gasteiger partial charge in [0.25, 0.3) is 5.69 Å². The minimum absolute atomic E-state index is 0.00453. The number of hydrogen-bond acceptors (Lipinski definition) is 5. The molecular formula is C14H20N2O4S. The Morgan fingerprint density at radius 3 is 2.86 bits per heavy atom. The Labute approximate surface area is 128 Å². The molecule has 0 radical (unpaired) electrons. The molecule has 7 heteroatoms. The summed E-state index contributed by atoms with van der Waals surface area (Å²) in [7, 11) is 3.33. The van der Waals surface area contributed by atoms with E-state index in [0.717, 1.165) is 11.3 Å². The van der Waals surface area contributed by atoms with Crippen LogP contribution in [0, 0.1) is 10.1 Å². The predicted molar refractivity (Wildman–Crippen MR) is 83.5 cm³/mol. The Morgan fingerprint density at radius 2 is 2.24 bits per heavy atom. The minimum atomic E-state index is -0.432. The molecule has 0 bridgehead atoms. The number of carbonyl (C=O) groups is 1. The van der Waals surface area contributed by atoms with E-state index < -0.39 is 4.92 Å². The van der Waals surface area contributed by atoms with Gasteiger partial charge in [0.15, 0.2) is 0 Å². The molecule has 0 spiro atoms. The van der Waals surface area contributed by atoms with Gasteiger partial charge in [-0.25, -0.2) is 0 Å². The standard InChI is InChI=1S/C14H20N2O4S/c1-11(12-5-4-6-13(9-12)16(18)19)15(2)14(17)10-21-8-7-20-3/h4-6,9,11H,7-8,10H2,1-3H3. The lowest BCUT2D eigenvalue weighted by Gasteiger charge is -2.25. The molecular weight excluding hydrogens is 292 g/mol. The Balaban J connectivity index is 2.64. The first kappa shape index (κ1) is 17.5. The van der Waals surface area contributed by atoms with Gasteiger partial charge in [0, 0.05) is 32.0 Å². The molecule has 1 aromatic carbocycles. The smallest absolute Gasteiger partial charge is 0.269 e. The van der Waals surface area contributed by atoms with E-state index in [2.05, 4.69) is 0 Å². The van der Waals surface area contributed by atoms with E-state index in [4.69, 9.17) is 4.74 Å². The highest BCUT2D eigenvalue weighted by molar-refractivity contribution is 7.99. The van der Waals surface area contributed by atoms with Crippen LogP contribution >= 0.6 is 11.8 Å². The maximum Gasteiger partial charge on any atom is 0.269 e. The summed E-state index contributed by atoms with van der Waals surface area (Å²) in [5, 5.41) is 10.8. The molecule has 1 amide bonds. The van der Waals surface area contributed by atoms with Crippen molar-refractivity contribution in [3.05, 3.63) is 39.9 Å². The van der Waals surface area contributed by atoms with Gasteiger partial charge in [-0.2, -0.15) is 0 Å². The Bertz CT molecular complexity index is 496. The molecule has 21 heavy (non-hydrogen) atoms. The van der Waals surface area contributed by atoms with Gasteiger partial charge in [0.05, 0.1) is 23.3 Å². The molecule has 1 unspecified atom stereocenters. The van der Waals surface area contributed by atoms with E-state index in [9.17, 15) is 14.9 Å². The van der Waals surface area contributed by atoms with Crippen LogP contribution < -0.4 is 0 Å². The van der Waals surface area contributed by atoms with Crippen LogP contribution in [-0.4, -0.2) is 48.0 Å². The fraction of sp³-hybridized carbons (Fsp3) is 0.500. The van der Waals surface area contributed by atoms with Crippen molar-refractivity contribution in [1.29, 1.82) is 0 Å². The maximum absolute atomic E-state index is 12.1. The number of non-ortho nitro benzene ring substituents is 1. The summed E-state index contributed by atoms with van der Waals surface area (Å²) in [6, 6.07) is 6.17. The summed E-state index contributed by atoms with van der Waals surface area (Å²) in [5.74, 6) is 1.13. The number of carbonyl (C=O) groups excluding carboxylic acids is 1. The minimum Gasteiger partial charge on any atom is -0.384 e. The van der Waals surface area contributed by atoms with Crippen molar-refractivity contribution in [3.8, 4) is 0 Å². The first-order chi connectivity index (χ1) is 9.97. The summed E-state index contributed by atoms with van der Waals surface area (Å²) >= 11 is 1.51. The number of hydrogen-bond donors (Lipinski definition) is 0. The van der Waals surface area contributed by atoms with Crippen LogP contribution in [0.25, 0.3) is 0 Å². The third-order valence-corrected chi connectivity index (χ3v) is 4.10. The number of amides is 1. The molecule has 0 heterocycles. The van der Waals surface area contributed by atoms with Crippen molar-refractivity contribution < 1.29 is 14.5 Å². The first-order valence-corrected chi connectivity index (χ1v) is 7.69. The second-order valence-electron chi connectivity index (χ2n) is 4.58. The SMILES string of the molecule is COCCSCC(=O)N(C)C(C)c1cccc([N+](=O)[O-])c1. The van der Waals surface area contributed by atoms with Crippen molar-refractivity contribution in [3.63, 3.8) is 0 Å². The number of ether oxygens (including phenoxy) is 1. The largest absolute Gasteiger partial charge is 0.384 e. The lowest BCUT2D eigenvalue weighted by molar-refractivity contribution is -0.384. The van der Waals surface area contributed by atoms with Crippen molar-refractivity contribution in [2.24, 2.45) is 0 Å². The summed E-state index contributed by atoms with van der Waals surface area (Å²) < 4.78 is 4.93. The van der Waals surface area contributed by atoms with E-state index in [0.29, 0.717) is 12.4 Å². The van der Waals surface area contributed by atoms with Crippen LogP contribution in [0.1, 0.15) is 18.5 Å². The van der Waals surface area contributed by atoms with Gasteiger partial charge in [-0.05, 0) is 12.5 Å². The molecule has 0 aliphatic carbocycles. The summed E-state index contributed by atoms with van der Waals surface area (Å²) in [6.45, 7) is 2.47. The zero-order valence-electron chi connectivity index (χ0n) is 12.4. The van der Waals surface area contributed by atoms with E-state index >= 15 is 0 Å². The zero-order valence-corrected chi connectivity index (χ0v) is 13.3. The second kappa shape index (κ2) is 8.63. The number of rotatable bonds is 8. The van der Waals surface area contributed by atoms with E-state index in [1.807, 2.05) is 6.92 Å². The van der Waals surface area contributed by atoms with Gasteiger partial charge in [-0.15, -0.1) is 11.8 Å². The molecule has 1 aromatic rings. The van der Waals surface area contributed by atoms with Crippen LogP contribution in [-0.2, 0) is 9.53 Å². The highest BCUT2D eigenvalue weighted by atomic mass is 32.2. The van der Waals surface area contributed by atoms with Gasteiger partial charge in [-0.3, -0.25) is 14.9 Å². The van der Waals surface area contributed by atoms with Crippen molar-refractivity contribution in [2.75, 3.05) is 32.3 Å². The number of nitro benzene ring substituents is 1. The van der Waals surface area contributed by atoms with Crippen molar-refractivity contribution >= 4 is 23.4 Å². The monoisotopic (exact) mass is 312 g/mol. The number of methoxy groups -OCH3 is 1. The lowest BCUT2D eigenvalue weighted by Crippen LogP contribution is -2.31. The lowest BCUT2D eigenvalue weighted by atomic mass is 10.1. The molecule has 1 rings (SSSR count). The normalized spacial score (nSPS) is 12.0. The van der Waals surface area contributed by atoms with Gasteiger partial charge in [-0.1, -0.05) is 12.1 Å². The van der Waals surface area contributed by atoms with Crippen molar-refractivity contribution in [1.82, 2.24) is 4.90 Å². The van der Waals surface area contributed by atoms with Gasteiger partial charge in [0.2, 0.25) is 5.91 Å². The van der Waals surface area contributed by atoms with Crippen LogP contribution in [0.4, 0.5) is 5.69 Å². The highest BCUT2D eigenvalue weighted by Gasteiger charge is 2.19. The topological polar surface area (TPSA) is 72.7 Å². The molecule has 116 valence electrons. The van der Waals surface area contributed by atoms with Gasteiger partial charge < -0.3 is 9.64 Å². The van der Waals surface area contributed by atoms with Gasteiger partial charge >= 0.3 is 0 Å². The Morgan fingerprint density at radius 1 is 1.52 bits per heavy atom. The average Bonchev–Trinajstić information content (AvgIpc) is 2.50. The Hall–Kier alpha value is -1.60. The molecule has 0 saturated carbocycles. The fourth-order valence-electron chi connectivity index (χ4n) is 1.74. The zero-order chi connectivity index (χ0) is 15.8. The molecule has 0 aromatic heterocycles. The van der Waals surface area contributed by atoms with E-state index in [1.165, 1.54) is 23.9 Å². The predicted octanol–water partition coefficient (Wildman–Crippen LogP) is 2.49. The molecule has 0 aliphatic rings. The maximum atomic E-state index is 12.1. The molecule has 0 N–H and O–H groups in total. The van der Waals surface area contributed by atoms with Crippen molar-refractivity contribution in [2.45, 2.75) is 13.0 Å². The van der Waals surface area contributed by atoms with Gasteiger partial charge in [0.1, 0.15) is 0 Å². The number of benzene rings is 1. The van der Waals surface area contributed by atoms with Crippen LogP contribution in [0.15, 0.2) is 24.3 Å². The van der Waals surface area contributed by atoms with Crippen LogP contribution in [0.3, 0.4) is 0 Å². The number of nitrogens with zero attached hydrogens (tertiary/aromatic N) is 2. The molecule has 0 saturated heterocycles. The third kappa shape index (κ3) is 5.35. The number of thioether (sulfide) groups is 1. The van der Waals surface area contributed by atoms with Crippen LogP contribution in [0.2, 0.25) is 0 Å². The average molecular weight is 312 g/mol. The van der Waals surface area contributed by atoms with E-state index in [-0.39, 0.29) is 17.6 Å². The molecule has 0 fully saturated rings. The summed E-state index contributed by atoms with van der Waals surface area (Å²) in [6.07, 6.45) is 0. The quantitative estimate of drug-likeness (QED) is 0.419.